The van der Waals surface area contributed by atoms with Crippen LogP contribution in [0, 0.1) is 23.0 Å². The van der Waals surface area contributed by atoms with Crippen molar-refractivity contribution in [1.82, 2.24) is 10.2 Å². The molecule has 10 heteroatoms. The molecule has 3 aromatic rings. The Kier molecular flexibility index (Phi) is 7.69. The number of halogens is 2. The number of methoxy groups -OCH3 is 1. The van der Waals surface area contributed by atoms with Gasteiger partial charge in [-0.2, -0.15) is 5.26 Å². The van der Waals surface area contributed by atoms with Crippen LogP contribution in [0.15, 0.2) is 42.5 Å². The first-order chi connectivity index (χ1) is 18.0. The van der Waals surface area contributed by atoms with Crippen molar-refractivity contribution in [1.29, 1.82) is 5.26 Å². The first-order valence-corrected chi connectivity index (χ1v) is 12.8. The van der Waals surface area contributed by atoms with Crippen molar-refractivity contribution in [2.45, 2.75) is 38.8 Å². The maximum Gasteiger partial charge on any atom is 0.407 e. The molecule has 0 aliphatic carbocycles. The number of alkyl carbamates (subject to hydrolysis) is 1. The van der Waals surface area contributed by atoms with E-state index in [2.05, 4.69) is 5.32 Å². The van der Waals surface area contributed by atoms with E-state index in [-0.39, 0.29) is 23.3 Å². The summed E-state index contributed by atoms with van der Waals surface area (Å²) < 4.78 is 39.4. The van der Waals surface area contributed by atoms with Gasteiger partial charge in [-0.05, 0) is 74.7 Å². The number of carbonyl (C=O) groups excluding carboxylic acids is 2. The summed E-state index contributed by atoms with van der Waals surface area (Å²) >= 11 is 1.17. The predicted octanol–water partition coefficient (Wildman–Crippen LogP) is 5.98. The minimum atomic E-state index is -0.688. The summed E-state index contributed by atoms with van der Waals surface area (Å²) in [6.45, 7) is 6.07. The van der Waals surface area contributed by atoms with Crippen molar-refractivity contribution in [2.75, 3.05) is 20.2 Å². The zero-order valence-electron chi connectivity index (χ0n) is 21.4. The number of thiophene rings is 1. The lowest BCUT2D eigenvalue weighted by Crippen LogP contribution is -2.41. The van der Waals surface area contributed by atoms with Crippen LogP contribution < -0.4 is 10.1 Å². The standard InChI is InChI=1S/C28H27F2N3O4S/c1-28(2,3)37-27(35)32-19-9-10-33(15-19)26(34)24-13-20(16-5-6-18(14-31)21(29)11-16)25(38-24)17-7-8-23(36-4)22(30)12-17/h5-8,11-13,19H,9-10,15H2,1-4H3,(H,32,35)/t19-/m0/s1. The molecule has 1 aliphatic rings. The van der Waals surface area contributed by atoms with Gasteiger partial charge >= 0.3 is 6.09 Å². The van der Waals surface area contributed by atoms with Gasteiger partial charge in [0.15, 0.2) is 11.6 Å². The molecular weight excluding hydrogens is 512 g/mol. The second-order valence-corrected chi connectivity index (χ2v) is 10.9. The maximum absolute atomic E-state index is 14.6. The molecule has 0 spiro atoms. The molecule has 4 rings (SSSR count). The Morgan fingerprint density at radius 3 is 2.45 bits per heavy atom. The van der Waals surface area contributed by atoms with E-state index in [1.807, 2.05) is 0 Å². The van der Waals surface area contributed by atoms with Crippen molar-refractivity contribution >= 4 is 23.3 Å². The Morgan fingerprint density at radius 2 is 1.82 bits per heavy atom. The summed E-state index contributed by atoms with van der Waals surface area (Å²) in [6, 6.07) is 11.9. The molecule has 38 heavy (non-hydrogen) atoms. The number of nitrogens with zero attached hydrogens (tertiary/aromatic N) is 2. The fourth-order valence-electron chi connectivity index (χ4n) is 4.20. The highest BCUT2D eigenvalue weighted by atomic mass is 32.1. The van der Waals surface area contributed by atoms with Gasteiger partial charge in [0.05, 0.1) is 23.6 Å². The number of rotatable bonds is 5. The van der Waals surface area contributed by atoms with Gasteiger partial charge in [0.25, 0.3) is 5.91 Å². The Hall–Kier alpha value is -3.97. The third-order valence-corrected chi connectivity index (χ3v) is 7.13. The molecule has 2 aromatic carbocycles. The first-order valence-electron chi connectivity index (χ1n) is 12.0. The Bertz CT molecular complexity index is 1420. The highest BCUT2D eigenvalue weighted by molar-refractivity contribution is 7.18. The minimum absolute atomic E-state index is 0.0770. The molecule has 1 atom stereocenters. The Labute approximate surface area is 223 Å². The molecule has 198 valence electrons. The number of carbonyl (C=O) groups is 2. The van der Waals surface area contributed by atoms with Gasteiger partial charge in [0.1, 0.15) is 17.5 Å². The lowest BCUT2D eigenvalue weighted by Gasteiger charge is -2.22. The quantitative estimate of drug-likeness (QED) is 0.431. The van der Waals surface area contributed by atoms with Crippen LogP contribution in [0.4, 0.5) is 13.6 Å². The van der Waals surface area contributed by atoms with E-state index < -0.39 is 23.3 Å². The fraction of sp³-hybridized carbons (Fsp3) is 0.321. The van der Waals surface area contributed by atoms with Crippen LogP contribution in [0.5, 0.6) is 5.75 Å². The number of amides is 2. The van der Waals surface area contributed by atoms with Crippen molar-refractivity contribution < 1.29 is 27.8 Å². The van der Waals surface area contributed by atoms with Crippen molar-refractivity contribution in [3.63, 3.8) is 0 Å². The van der Waals surface area contributed by atoms with Crippen molar-refractivity contribution in [2.24, 2.45) is 0 Å². The SMILES string of the molecule is COc1ccc(-c2sc(C(=O)N3CC[C@H](NC(=O)OC(C)(C)C)C3)cc2-c2ccc(C#N)c(F)c2)cc1F. The summed E-state index contributed by atoms with van der Waals surface area (Å²) in [5.41, 5.74) is 0.757. The molecule has 1 saturated heterocycles. The summed E-state index contributed by atoms with van der Waals surface area (Å²) in [6.07, 6.45) is 0.0301. The van der Waals surface area contributed by atoms with E-state index in [1.54, 1.807) is 49.9 Å². The third-order valence-electron chi connectivity index (χ3n) is 5.95. The summed E-state index contributed by atoms with van der Waals surface area (Å²) in [5, 5.41) is 11.9. The molecule has 1 aliphatic heterocycles. The largest absolute Gasteiger partial charge is 0.494 e. The number of likely N-dealkylation sites (tertiary alicyclic amines) is 1. The van der Waals surface area contributed by atoms with Crippen molar-refractivity contribution in [3.05, 3.63) is 64.5 Å². The predicted molar refractivity (Wildman–Crippen MR) is 140 cm³/mol. The number of hydrogen-bond acceptors (Lipinski definition) is 6. The lowest BCUT2D eigenvalue weighted by molar-refractivity contribution is 0.0502. The van der Waals surface area contributed by atoms with Gasteiger partial charge in [0, 0.05) is 23.5 Å². The van der Waals surface area contributed by atoms with Gasteiger partial charge in [-0.15, -0.1) is 11.3 Å². The Morgan fingerprint density at radius 1 is 1.11 bits per heavy atom. The summed E-state index contributed by atoms with van der Waals surface area (Å²) in [4.78, 5) is 28.2. The second kappa shape index (κ2) is 10.8. The van der Waals surface area contributed by atoms with Crippen LogP contribution in [0.2, 0.25) is 0 Å². The molecule has 2 heterocycles. The first kappa shape index (κ1) is 27.1. The highest BCUT2D eigenvalue weighted by Crippen LogP contribution is 2.41. The van der Waals surface area contributed by atoms with Crippen molar-refractivity contribution in [3.8, 4) is 33.4 Å². The molecule has 2 amide bonds. The Balaban J connectivity index is 1.64. The van der Waals surface area contributed by atoms with E-state index >= 15 is 0 Å². The van der Waals surface area contributed by atoms with Gasteiger partial charge in [-0.3, -0.25) is 4.79 Å². The molecule has 1 N–H and O–H groups in total. The van der Waals surface area contributed by atoms with E-state index in [0.717, 1.165) is 0 Å². The molecule has 7 nitrogen and oxygen atoms in total. The minimum Gasteiger partial charge on any atom is -0.494 e. The molecule has 0 bridgehead atoms. The number of hydrogen-bond donors (Lipinski definition) is 1. The third kappa shape index (κ3) is 5.94. The lowest BCUT2D eigenvalue weighted by atomic mass is 10.0. The van der Waals surface area contributed by atoms with Gasteiger partial charge in [-0.1, -0.05) is 6.07 Å². The van der Waals surface area contributed by atoms with Crippen LogP contribution in [0.3, 0.4) is 0 Å². The number of benzene rings is 2. The molecular formula is C28H27F2N3O4S. The van der Waals surface area contributed by atoms with Crippen LogP contribution in [-0.4, -0.2) is 48.7 Å². The van der Waals surface area contributed by atoms with Gasteiger partial charge in [0.2, 0.25) is 0 Å². The van der Waals surface area contributed by atoms with Gasteiger partial charge in [-0.25, -0.2) is 13.6 Å². The van der Waals surface area contributed by atoms with Crippen LogP contribution in [0.25, 0.3) is 21.6 Å². The average molecular weight is 540 g/mol. The van der Waals surface area contributed by atoms with Gasteiger partial charge < -0.3 is 19.7 Å². The monoisotopic (exact) mass is 539 g/mol. The van der Waals surface area contributed by atoms with E-state index in [4.69, 9.17) is 14.7 Å². The smallest absolute Gasteiger partial charge is 0.407 e. The van der Waals surface area contributed by atoms with E-state index in [0.29, 0.717) is 46.0 Å². The number of nitriles is 1. The fourth-order valence-corrected chi connectivity index (χ4v) is 5.34. The summed E-state index contributed by atoms with van der Waals surface area (Å²) in [7, 11) is 1.37. The average Bonchev–Trinajstić information content (AvgIpc) is 3.50. The molecule has 0 unspecified atom stereocenters. The summed E-state index contributed by atoms with van der Waals surface area (Å²) in [5.74, 6) is -1.43. The molecule has 1 aromatic heterocycles. The zero-order valence-corrected chi connectivity index (χ0v) is 22.2. The number of nitrogens with one attached hydrogen (secondary N) is 1. The number of ether oxygens (including phenoxy) is 2. The highest BCUT2D eigenvalue weighted by Gasteiger charge is 2.31. The molecule has 1 fully saturated rings. The topological polar surface area (TPSA) is 91.7 Å². The van der Waals surface area contributed by atoms with E-state index in [9.17, 15) is 18.4 Å². The zero-order chi connectivity index (χ0) is 27.6. The normalized spacial score (nSPS) is 15.2. The maximum atomic E-state index is 14.6. The van der Waals surface area contributed by atoms with Crippen LogP contribution >= 0.6 is 11.3 Å². The van der Waals surface area contributed by atoms with Crippen LogP contribution in [0.1, 0.15) is 42.4 Å². The molecule has 0 saturated carbocycles. The van der Waals surface area contributed by atoms with Crippen LogP contribution in [-0.2, 0) is 4.74 Å². The van der Waals surface area contributed by atoms with E-state index in [1.165, 1.54) is 42.7 Å². The second-order valence-electron chi connectivity index (χ2n) is 9.89. The molecule has 0 radical (unpaired) electrons.